The molecule has 0 radical (unpaired) electrons. The third kappa shape index (κ3) is 3.08. The first kappa shape index (κ1) is 16.3. The summed E-state index contributed by atoms with van der Waals surface area (Å²) in [5.41, 5.74) is 2.78. The van der Waals surface area contributed by atoms with E-state index in [1.54, 1.807) is 6.07 Å². The lowest BCUT2D eigenvalue weighted by Crippen LogP contribution is -2.48. The van der Waals surface area contributed by atoms with E-state index in [-0.39, 0.29) is 24.8 Å². The van der Waals surface area contributed by atoms with Gasteiger partial charge < -0.3 is 19.8 Å². The van der Waals surface area contributed by atoms with Gasteiger partial charge in [-0.1, -0.05) is 31.2 Å². The van der Waals surface area contributed by atoms with Crippen LogP contribution in [-0.4, -0.2) is 35.4 Å². The zero-order valence-corrected chi connectivity index (χ0v) is 13.6. The van der Waals surface area contributed by atoms with E-state index in [0.29, 0.717) is 17.9 Å². The van der Waals surface area contributed by atoms with Gasteiger partial charge in [0, 0.05) is 19.0 Å². The van der Waals surface area contributed by atoms with E-state index in [0.717, 1.165) is 12.0 Å². The number of amides is 1. The highest BCUT2D eigenvalue weighted by molar-refractivity contribution is 6.00. The van der Waals surface area contributed by atoms with Gasteiger partial charge in [0.1, 0.15) is 11.5 Å². The number of hydrogen-bond acceptors (Lipinski definition) is 4. The van der Waals surface area contributed by atoms with Crippen molar-refractivity contribution in [2.45, 2.75) is 25.9 Å². The van der Waals surface area contributed by atoms with Crippen LogP contribution in [0.3, 0.4) is 0 Å². The van der Waals surface area contributed by atoms with Gasteiger partial charge in [-0.05, 0) is 29.7 Å². The molecule has 0 aromatic heterocycles. The van der Waals surface area contributed by atoms with Crippen molar-refractivity contribution >= 4 is 11.6 Å². The Balaban J connectivity index is 1.93. The number of rotatable bonds is 5. The molecule has 1 heterocycles. The smallest absolute Gasteiger partial charge is 0.268 e. The highest BCUT2D eigenvalue weighted by Crippen LogP contribution is 2.37. The van der Waals surface area contributed by atoms with Gasteiger partial charge in [-0.15, -0.1) is 0 Å². The van der Waals surface area contributed by atoms with Crippen molar-refractivity contribution in [1.82, 2.24) is 0 Å². The molecule has 0 bridgehead atoms. The lowest BCUT2D eigenvalue weighted by Gasteiger charge is -2.34. The first-order valence-corrected chi connectivity index (χ1v) is 8.12. The Hall–Kier alpha value is -2.53. The number of aryl methyl sites for hydroxylation is 1. The van der Waals surface area contributed by atoms with Crippen LogP contribution >= 0.6 is 0 Å². The summed E-state index contributed by atoms with van der Waals surface area (Å²) in [6.45, 7) is 2.10. The summed E-state index contributed by atoms with van der Waals surface area (Å²) < 4.78 is 5.90. The maximum atomic E-state index is 12.8. The molecule has 1 aliphatic heterocycles. The van der Waals surface area contributed by atoms with Gasteiger partial charge in [0.25, 0.3) is 5.91 Å². The maximum Gasteiger partial charge on any atom is 0.268 e. The summed E-state index contributed by atoms with van der Waals surface area (Å²) in [5.74, 6) is 0.399. The minimum absolute atomic E-state index is 0.0582. The average Bonchev–Trinajstić information content (AvgIpc) is 2.59. The fourth-order valence-corrected chi connectivity index (χ4v) is 3.07. The number of carbonyl (C=O) groups excluding carboxylic acids is 1. The molecule has 5 nitrogen and oxygen atoms in total. The summed E-state index contributed by atoms with van der Waals surface area (Å²) in [6.07, 6.45) is 0.730. The molecule has 2 N–H and O–H groups in total. The number of ether oxygens (including phenoxy) is 1. The summed E-state index contributed by atoms with van der Waals surface area (Å²) in [7, 11) is 0. The Kier molecular flexibility index (Phi) is 4.71. The van der Waals surface area contributed by atoms with Crippen molar-refractivity contribution in [2.75, 3.05) is 18.1 Å². The van der Waals surface area contributed by atoms with Crippen molar-refractivity contribution in [1.29, 1.82) is 0 Å². The minimum atomic E-state index is -0.638. The van der Waals surface area contributed by atoms with Crippen molar-refractivity contribution < 1.29 is 19.7 Å². The number of hydrogen-bond donors (Lipinski definition) is 2. The normalized spacial score (nSPS) is 16.7. The van der Waals surface area contributed by atoms with Gasteiger partial charge in [-0.25, -0.2) is 0 Å². The van der Waals surface area contributed by atoms with Crippen LogP contribution < -0.4 is 9.64 Å². The van der Waals surface area contributed by atoms with E-state index < -0.39 is 6.10 Å². The molecule has 1 amide bonds. The van der Waals surface area contributed by atoms with Gasteiger partial charge >= 0.3 is 0 Å². The zero-order chi connectivity index (χ0) is 17.1. The van der Waals surface area contributed by atoms with E-state index in [9.17, 15) is 15.0 Å². The number of β-amino-alcohol motifs (C(OH)–C–C–N with tert-alkyl or cyclic N) is 1. The third-order valence-corrected chi connectivity index (χ3v) is 4.27. The first-order chi connectivity index (χ1) is 11.6. The summed E-state index contributed by atoms with van der Waals surface area (Å²) in [5, 5.41) is 19.0. The number of benzene rings is 2. The fraction of sp³-hybridized carbons (Fsp3) is 0.316. The molecular formula is C19H21NO4. The van der Waals surface area contributed by atoms with Gasteiger partial charge in [-0.2, -0.15) is 0 Å². The molecule has 2 aromatic rings. The second-order valence-electron chi connectivity index (χ2n) is 5.80. The fourth-order valence-electron chi connectivity index (χ4n) is 3.07. The number of aliphatic hydroxyl groups is 1. The second-order valence-corrected chi connectivity index (χ2v) is 5.80. The lowest BCUT2D eigenvalue weighted by atomic mass is 9.98. The molecule has 0 fully saturated rings. The van der Waals surface area contributed by atoms with E-state index in [2.05, 4.69) is 13.0 Å². The van der Waals surface area contributed by atoms with Crippen LogP contribution in [0.5, 0.6) is 11.5 Å². The molecule has 3 rings (SSSR count). The second kappa shape index (κ2) is 6.93. The largest absolute Gasteiger partial charge is 0.508 e. The molecule has 0 spiro atoms. The minimum Gasteiger partial charge on any atom is -0.508 e. The molecular weight excluding hydrogens is 306 g/mol. The van der Waals surface area contributed by atoms with Gasteiger partial charge in [0.2, 0.25) is 0 Å². The van der Waals surface area contributed by atoms with E-state index in [1.807, 2.05) is 18.2 Å². The van der Waals surface area contributed by atoms with Gasteiger partial charge in [0.05, 0.1) is 12.3 Å². The molecule has 1 unspecified atom stereocenters. The van der Waals surface area contributed by atoms with Crippen molar-refractivity contribution in [2.24, 2.45) is 0 Å². The van der Waals surface area contributed by atoms with Crippen molar-refractivity contribution in [3.8, 4) is 11.5 Å². The van der Waals surface area contributed by atoms with E-state index in [1.165, 1.54) is 22.6 Å². The van der Waals surface area contributed by atoms with Gasteiger partial charge in [0.15, 0.2) is 6.10 Å². The Morgan fingerprint density at radius 1 is 1.17 bits per heavy atom. The molecule has 5 heteroatoms. The lowest BCUT2D eigenvalue weighted by molar-refractivity contribution is -0.126. The third-order valence-electron chi connectivity index (χ3n) is 4.27. The Labute approximate surface area is 141 Å². The molecule has 0 aliphatic carbocycles. The summed E-state index contributed by atoms with van der Waals surface area (Å²) in [4.78, 5) is 14.3. The van der Waals surface area contributed by atoms with Crippen LogP contribution in [0.4, 0.5) is 5.69 Å². The van der Waals surface area contributed by atoms with Crippen LogP contribution in [0, 0.1) is 0 Å². The Morgan fingerprint density at radius 3 is 2.62 bits per heavy atom. The standard InChI is InChI=1S/C19H21NO4/c1-2-13-5-3-4-6-14(13)11-18-19(23)20(9-10-21)16-12-15(22)7-8-17(16)24-18/h3-8,12,18,21-22H,2,9-11H2,1H3. The summed E-state index contributed by atoms with van der Waals surface area (Å²) in [6, 6.07) is 12.7. The topological polar surface area (TPSA) is 70.0 Å². The van der Waals surface area contributed by atoms with E-state index in [4.69, 9.17) is 4.74 Å². The highest BCUT2D eigenvalue weighted by atomic mass is 16.5. The monoisotopic (exact) mass is 327 g/mol. The Bertz CT molecular complexity index is 744. The molecule has 0 saturated carbocycles. The predicted molar refractivity (Wildman–Crippen MR) is 91.5 cm³/mol. The SMILES string of the molecule is CCc1ccccc1CC1Oc2ccc(O)cc2N(CCO)C1=O. The van der Waals surface area contributed by atoms with Crippen LogP contribution in [0.1, 0.15) is 18.1 Å². The van der Waals surface area contributed by atoms with Gasteiger partial charge in [-0.3, -0.25) is 4.79 Å². The van der Waals surface area contributed by atoms with Crippen LogP contribution in [0.15, 0.2) is 42.5 Å². The van der Waals surface area contributed by atoms with Crippen LogP contribution in [-0.2, 0) is 17.6 Å². The number of nitrogens with zero attached hydrogens (tertiary/aromatic N) is 1. The number of aliphatic hydroxyl groups excluding tert-OH is 1. The number of phenols is 1. The average molecular weight is 327 g/mol. The van der Waals surface area contributed by atoms with E-state index >= 15 is 0 Å². The number of anilines is 1. The molecule has 1 aliphatic rings. The molecule has 24 heavy (non-hydrogen) atoms. The zero-order valence-electron chi connectivity index (χ0n) is 13.6. The van der Waals surface area contributed by atoms with Crippen LogP contribution in [0.2, 0.25) is 0 Å². The van der Waals surface area contributed by atoms with Crippen LogP contribution in [0.25, 0.3) is 0 Å². The molecule has 2 aromatic carbocycles. The molecule has 0 saturated heterocycles. The number of phenolic OH excluding ortho intramolecular Hbond substituents is 1. The first-order valence-electron chi connectivity index (χ1n) is 8.12. The number of fused-ring (bicyclic) bond motifs is 1. The predicted octanol–water partition coefficient (Wildman–Crippen LogP) is 2.28. The quantitative estimate of drug-likeness (QED) is 0.884. The Morgan fingerprint density at radius 2 is 1.92 bits per heavy atom. The highest BCUT2D eigenvalue weighted by Gasteiger charge is 2.34. The number of carbonyl (C=O) groups is 1. The number of aromatic hydroxyl groups is 1. The van der Waals surface area contributed by atoms with Crippen molar-refractivity contribution in [3.05, 3.63) is 53.6 Å². The molecule has 1 atom stereocenters. The van der Waals surface area contributed by atoms with Crippen molar-refractivity contribution in [3.63, 3.8) is 0 Å². The summed E-state index contributed by atoms with van der Waals surface area (Å²) >= 11 is 0. The molecule has 126 valence electrons. The maximum absolute atomic E-state index is 12.8.